The molecule has 0 spiro atoms. The van der Waals surface area contributed by atoms with Crippen molar-refractivity contribution in [3.63, 3.8) is 0 Å². The molecule has 2 heterocycles. The molecule has 1 N–H and O–H groups in total. The molecule has 0 saturated heterocycles. The first-order valence-corrected chi connectivity index (χ1v) is 9.08. The number of carbonyl (C=O) groups is 1. The van der Waals surface area contributed by atoms with E-state index in [4.69, 9.17) is 4.52 Å². The lowest BCUT2D eigenvalue weighted by atomic mass is 10.1. The Kier molecular flexibility index (Phi) is 5.39. The van der Waals surface area contributed by atoms with Crippen molar-refractivity contribution in [3.8, 4) is 11.4 Å². The largest absolute Gasteiger partial charge is 0.339 e. The third kappa shape index (κ3) is 4.24. The van der Waals surface area contributed by atoms with Crippen molar-refractivity contribution in [1.29, 1.82) is 0 Å². The van der Waals surface area contributed by atoms with Crippen LogP contribution in [0.25, 0.3) is 11.4 Å². The molecule has 0 bridgehead atoms. The molecule has 0 aliphatic rings. The molecule has 3 rings (SSSR count). The number of hydrogen-bond acceptors (Lipinski definition) is 5. The molecule has 142 valence electrons. The van der Waals surface area contributed by atoms with Gasteiger partial charge >= 0.3 is 0 Å². The molecule has 7 heteroatoms. The Hall–Kier alpha value is -2.96. The highest BCUT2D eigenvalue weighted by atomic mass is 16.5. The van der Waals surface area contributed by atoms with E-state index in [-0.39, 0.29) is 5.91 Å². The summed E-state index contributed by atoms with van der Waals surface area (Å²) in [4.78, 5) is 17.1. The highest BCUT2D eigenvalue weighted by Gasteiger charge is 2.21. The van der Waals surface area contributed by atoms with E-state index in [2.05, 4.69) is 34.4 Å². The molecule has 7 nitrogen and oxygen atoms in total. The zero-order valence-electron chi connectivity index (χ0n) is 16.4. The number of rotatable bonds is 6. The van der Waals surface area contributed by atoms with E-state index in [1.54, 1.807) is 11.7 Å². The maximum absolute atomic E-state index is 12.6. The number of nitrogens with one attached hydrogen (secondary N) is 1. The number of aromatic nitrogens is 4. The van der Waals surface area contributed by atoms with Gasteiger partial charge in [-0.25, -0.2) is 0 Å². The Bertz CT molecular complexity index is 942. The van der Waals surface area contributed by atoms with Crippen LogP contribution in [0.1, 0.15) is 54.4 Å². The Morgan fingerprint density at radius 1 is 1.26 bits per heavy atom. The lowest BCUT2D eigenvalue weighted by molar-refractivity contribution is 0.0923. The number of nitrogens with zero attached hydrogens (tertiary/aromatic N) is 4. The highest BCUT2D eigenvalue weighted by Crippen LogP contribution is 2.22. The molecule has 1 amide bonds. The summed E-state index contributed by atoms with van der Waals surface area (Å²) in [6.45, 7) is 8.06. The van der Waals surface area contributed by atoms with E-state index in [0.717, 1.165) is 23.2 Å². The van der Waals surface area contributed by atoms with E-state index in [1.165, 1.54) is 0 Å². The minimum absolute atomic E-state index is 0.219. The van der Waals surface area contributed by atoms with Crippen molar-refractivity contribution in [2.45, 2.75) is 40.2 Å². The van der Waals surface area contributed by atoms with Gasteiger partial charge < -0.3 is 9.84 Å². The van der Waals surface area contributed by atoms with Gasteiger partial charge in [-0.1, -0.05) is 43.3 Å². The molecular formula is C20H25N5O2. The van der Waals surface area contributed by atoms with Gasteiger partial charge in [0, 0.05) is 12.6 Å². The number of aryl methyl sites for hydroxylation is 2. The number of carbonyl (C=O) groups excluding carboxylic acids is 1. The van der Waals surface area contributed by atoms with Gasteiger partial charge in [-0.15, -0.1) is 0 Å². The number of benzene rings is 1. The van der Waals surface area contributed by atoms with Crippen LogP contribution in [-0.4, -0.2) is 25.8 Å². The molecule has 0 radical (unpaired) electrons. The van der Waals surface area contributed by atoms with Crippen LogP contribution in [0.15, 0.2) is 34.9 Å². The molecule has 0 aliphatic heterocycles. The number of hydrogen-bond donors (Lipinski definition) is 1. The second kappa shape index (κ2) is 7.73. The normalized spacial score (nSPS) is 12.4. The first-order valence-electron chi connectivity index (χ1n) is 9.08. The van der Waals surface area contributed by atoms with Crippen molar-refractivity contribution in [3.05, 3.63) is 53.2 Å². The molecule has 27 heavy (non-hydrogen) atoms. The Morgan fingerprint density at radius 3 is 2.70 bits per heavy atom. The predicted molar refractivity (Wildman–Crippen MR) is 102 cm³/mol. The quantitative estimate of drug-likeness (QED) is 0.721. The van der Waals surface area contributed by atoms with Gasteiger partial charge in [-0.3, -0.25) is 9.48 Å². The summed E-state index contributed by atoms with van der Waals surface area (Å²) in [5.74, 6) is 1.14. The smallest absolute Gasteiger partial charge is 0.270 e. The molecule has 3 aromatic rings. The maximum Gasteiger partial charge on any atom is 0.270 e. The lowest BCUT2D eigenvalue weighted by Gasteiger charge is -2.09. The summed E-state index contributed by atoms with van der Waals surface area (Å²) in [6, 6.07) is 9.25. The van der Waals surface area contributed by atoms with Crippen LogP contribution in [0.2, 0.25) is 0 Å². The van der Waals surface area contributed by atoms with Gasteiger partial charge in [0.1, 0.15) is 11.7 Å². The van der Waals surface area contributed by atoms with Gasteiger partial charge in [0.05, 0.1) is 5.69 Å². The van der Waals surface area contributed by atoms with E-state index in [9.17, 15) is 4.79 Å². The van der Waals surface area contributed by atoms with Crippen molar-refractivity contribution < 1.29 is 9.32 Å². The van der Waals surface area contributed by atoms with Gasteiger partial charge in [0.15, 0.2) is 0 Å². The highest BCUT2D eigenvalue weighted by molar-refractivity contribution is 5.92. The molecule has 0 saturated carbocycles. The monoisotopic (exact) mass is 367 g/mol. The third-order valence-electron chi connectivity index (χ3n) is 4.33. The zero-order valence-corrected chi connectivity index (χ0v) is 16.4. The van der Waals surface area contributed by atoms with E-state index >= 15 is 0 Å². The van der Waals surface area contributed by atoms with Crippen LogP contribution >= 0.6 is 0 Å². The van der Waals surface area contributed by atoms with Gasteiger partial charge in [-0.2, -0.15) is 10.1 Å². The Labute approximate surface area is 158 Å². The van der Waals surface area contributed by atoms with Gasteiger partial charge in [0.25, 0.3) is 5.91 Å². The average Bonchev–Trinajstić information content (AvgIpc) is 3.21. The lowest BCUT2D eigenvalue weighted by Crippen LogP contribution is -2.28. The standard InChI is InChI=1S/C20H25N5O2/c1-12(2)10-15-11-17(25(5)23-15)19(26)21-14(4)20-22-18(24-27-20)16-9-7-6-8-13(16)3/h6-9,11-12,14H,10H2,1-5H3,(H,21,26). The fourth-order valence-corrected chi connectivity index (χ4v) is 2.93. The van der Waals surface area contributed by atoms with Crippen LogP contribution in [0, 0.1) is 12.8 Å². The van der Waals surface area contributed by atoms with E-state index in [0.29, 0.717) is 23.3 Å². The van der Waals surface area contributed by atoms with Gasteiger partial charge in [-0.05, 0) is 37.8 Å². The van der Waals surface area contributed by atoms with Crippen molar-refractivity contribution in [2.75, 3.05) is 0 Å². The van der Waals surface area contributed by atoms with E-state index < -0.39 is 6.04 Å². The molecule has 0 fully saturated rings. The summed E-state index contributed by atoms with van der Waals surface area (Å²) in [6.07, 6.45) is 0.833. The second-order valence-corrected chi connectivity index (χ2v) is 7.21. The first-order chi connectivity index (χ1) is 12.8. The van der Waals surface area contributed by atoms with Crippen LogP contribution in [-0.2, 0) is 13.5 Å². The fourth-order valence-electron chi connectivity index (χ4n) is 2.93. The fraction of sp³-hybridized carbons (Fsp3) is 0.400. The topological polar surface area (TPSA) is 85.8 Å². The molecule has 2 aromatic heterocycles. The summed E-state index contributed by atoms with van der Waals surface area (Å²) in [5, 5.41) is 11.4. The summed E-state index contributed by atoms with van der Waals surface area (Å²) in [7, 11) is 1.77. The summed E-state index contributed by atoms with van der Waals surface area (Å²) in [5.41, 5.74) is 3.39. The molecule has 1 aromatic carbocycles. The molecule has 1 unspecified atom stereocenters. The molecular weight excluding hydrogens is 342 g/mol. The molecule has 1 atom stereocenters. The maximum atomic E-state index is 12.6. The van der Waals surface area contributed by atoms with Crippen molar-refractivity contribution >= 4 is 5.91 Å². The zero-order chi connectivity index (χ0) is 19.6. The first kappa shape index (κ1) is 18.8. The van der Waals surface area contributed by atoms with Crippen LogP contribution in [0.5, 0.6) is 0 Å². The Balaban J connectivity index is 1.72. The second-order valence-electron chi connectivity index (χ2n) is 7.21. The van der Waals surface area contributed by atoms with Crippen LogP contribution < -0.4 is 5.32 Å². The average molecular weight is 367 g/mol. The minimum atomic E-state index is -0.411. The van der Waals surface area contributed by atoms with E-state index in [1.807, 2.05) is 44.2 Å². The van der Waals surface area contributed by atoms with Gasteiger partial charge in [0.2, 0.25) is 11.7 Å². The predicted octanol–water partition coefficient (Wildman–Crippen LogP) is 3.47. The third-order valence-corrected chi connectivity index (χ3v) is 4.33. The van der Waals surface area contributed by atoms with Crippen molar-refractivity contribution in [1.82, 2.24) is 25.2 Å². The molecule has 0 aliphatic carbocycles. The summed E-state index contributed by atoms with van der Waals surface area (Å²) >= 11 is 0. The van der Waals surface area contributed by atoms with Crippen molar-refractivity contribution in [2.24, 2.45) is 13.0 Å². The SMILES string of the molecule is Cc1ccccc1-c1noc(C(C)NC(=O)c2cc(CC(C)C)nn2C)n1. The van der Waals surface area contributed by atoms with Crippen LogP contribution in [0.3, 0.4) is 0 Å². The number of amides is 1. The Morgan fingerprint density at radius 2 is 2.00 bits per heavy atom. The summed E-state index contributed by atoms with van der Waals surface area (Å²) < 4.78 is 6.97. The van der Waals surface area contributed by atoms with Crippen LogP contribution in [0.4, 0.5) is 0 Å². The minimum Gasteiger partial charge on any atom is -0.339 e.